The molecule has 0 aliphatic heterocycles. The second-order valence-corrected chi connectivity index (χ2v) is 7.41. The van der Waals surface area contributed by atoms with Crippen molar-refractivity contribution in [3.63, 3.8) is 0 Å². The Balaban J connectivity index is 2.09. The summed E-state index contributed by atoms with van der Waals surface area (Å²) in [5.74, 6) is 0. The van der Waals surface area contributed by atoms with E-state index in [-0.39, 0.29) is 0 Å². The highest BCUT2D eigenvalue weighted by Gasteiger charge is 2.23. The molecule has 2 aromatic carbocycles. The molecule has 0 aliphatic carbocycles. The first kappa shape index (κ1) is 15.4. The molecule has 3 aromatic rings. The van der Waals surface area contributed by atoms with Gasteiger partial charge >= 0.3 is 0 Å². The Morgan fingerprint density at radius 2 is 1.61 bits per heavy atom. The van der Waals surface area contributed by atoms with Gasteiger partial charge in [0.25, 0.3) is 10.0 Å². The Morgan fingerprint density at radius 3 is 2.35 bits per heavy atom. The third-order valence-corrected chi connectivity index (χ3v) is 5.73. The largest absolute Gasteiger partial charge is 0.269 e. The third kappa shape index (κ3) is 2.77. The van der Waals surface area contributed by atoms with Crippen LogP contribution in [0.1, 0.15) is 11.1 Å². The van der Waals surface area contributed by atoms with Gasteiger partial charge in [0.1, 0.15) is 0 Å². The van der Waals surface area contributed by atoms with Crippen LogP contribution in [0.25, 0.3) is 11.0 Å². The first-order chi connectivity index (χ1) is 10.9. The predicted molar refractivity (Wildman–Crippen MR) is 91.0 cm³/mol. The molecule has 3 rings (SSSR count). The van der Waals surface area contributed by atoms with Gasteiger partial charge in [0.15, 0.2) is 0 Å². The monoisotopic (exact) mass is 327 g/mol. The van der Waals surface area contributed by atoms with Crippen LogP contribution in [0.3, 0.4) is 0 Å². The predicted octanol–water partition coefficient (Wildman–Crippen LogP) is 3.07. The van der Waals surface area contributed by atoms with Gasteiger partial charge in [0, 0.05) is 19.4 Å². The van der Waals surface area contributed by atoms with Gasteiger partial charge in [-0.3, -0.25) is 14.3 Å². The Hall–Kier alpha value is -2.47. The van der Waals surface area contributed by atoms with Crippen LogP contribution in [0.4, 0.5) is 5.69 Å². The van der Waals surface area contributed by atoms with Crippen molar-refractivity contribution in [1.82, 2.24) is 9.97 Å². The van der Waals surface area contributed by atoms with E-state index in [0.29, 0.717) is 16.1 Å². The molecule has 0 saturated heterocycles. The molecular weight excluding hydrogens is 310 g/mol. The van der Waals surface area contributed by atoms with E-state index >= 15 is 0 Å². The average Bonchev–Trinajstić information content (AvgIpc) is 2.55. The summed E-state index contributed by atoms with van der Waals surface area (Å²) < 4.78 is 27.1. The summed E-state index contributed by atoms with van der Waals surface area (Å²) in [7, 11) is -2.08. The lowest BCUT2D eigenvalue weighted by atomic mass is 10.2. The van der Waals surface area contributed by atoms with E-state index in [4.69, 9.17) is 0 Å². The molecule has 0 bridgehead atoms. The first-order valence-corrected chi connectivity index (χ1v) is 8.60. The molecule has 1 heterocycles. The number of benzene rings is 2. The minimum absolute atomic E-state index is 0.319. The highest BCUT2D eigenvalue weighted by molar-refractivity contribution is 7.92. The van der Waals surface area contributed by atoms with Crippen LogP contribution in [-0.4, -0.2) is 25.4 Å². The number of anilines is 1. The SMILES string of the molecule is Cc1ccc(C)c(S(=O)(=O)N(C)c2ccc3nccnc3c2)c1. The molecule has 0 atom stereocenters. The number of rotatable bonds is 3. The van der Waals surface area contributed by atoms with E-state index in [0.717, 1.165) is 16.6 Å². The van der Waals surface area contributed by atoms with E-state index < -0.39 is 10.0 Å². The molecule has 6 heteroatoms. The normalized spacial score (nSPS) is 11.6. The number of aryl methyl sites for hydroxylation is 2. The number of hydrogen-bond acceptors (Lipinski definition) is 4. The molecule has 0 unspecified atom stereocenters. The van der Waals surface area contributed by atoms with Crippen LogP contribution in [0.15, 0.2) is 53.7 Å². The molecule has 0 spiro atoms. The van der Waals surface area contributed by atoms with Gasteiger partial charge in [-0.05, 0) is 49.2 Å². The lowest BCUT2D eigenvalue weighted by molar-refractivity contribution is 0.593. The zero-order chi connectivity index (χ0) is 16.6. The molecule has 0 saturated carbocycles. The van der Waals surface area contributed by atoms with Crippen molar-refractivity contribution >= 4 is 26.7 Å². The van der Waals surface area contributed by atoms with Crippen molar-refractivity contribution < 1.29 is 8.42 Å². The van der Waals surface area contributed by atoms with Crippen LogP contribution >= 0.6 is 0 Å². The van der Waals surface area contributed by atoms with E-state index in [1.54, 1.807) is 50.6 Å². The molecular formula is C17H17N3O2S. The van der Waals surface area contributed by atoms with Crippen LogP contribution in [0.2, 0.25) is 0 Å². The molecule has 0 fully saturated rings. The number of sulfonamides is 1. The van der Waals surface area contributed by atoms with Crippen LogP contribution < -0.4 is 4.31 Å². The topological polar surface area (TPSA) is 63.2 Å². The van der Waals surface area contributed by atoms with Gasteiger partial charge in [-0.25, -0.2) is 8.42 Å². The van der Waals surface area contributed by atoms with Crippen LogP contribution in [-0.2, 0) is 10.0 Å². The van der Waals surface area contributed by atoms with Crippen molar-refractivity contribution in [2.45, 2.75) is 18.7 Å². The smallest absolute Gasteiger partial charge is 0.264 e. The Morgan fingerprint density at radius 1 is 0.913 bits per heavy atom. The molecule has 1 aromatic heterocycles. The molecule has 118 valence electrons. The van der Waals surface area contributed by atoms with Crippen molar-refractivity contribution in [3.8, 4) is 0 Å². The number of nitrogens with zero attached hydrogens (tertiary/aromatic N) is 3. The summed E-state index contributed by atoms with van der Waals surface area (Å²) >= 11 is 0. The van der Waals surface area contributed by atoms with E-state index in [1.165, 1.54) is 4.31 Å². The minimum atomic E-state index is -3.63. The summed E-state index contributed by atoms with van der Waals surface area (Å²) in [6, 6.07) is 10.7. The summed E-state index contributed by atoms with van der Waals surface area (Å²) in [5, 5.41) is 0. The minimum Gasteiger partial charge on any atom is -0.269 e. The molecule has 5 nitrogen and oxygen atoms in total. The van der Waals surface area contributed by atoms with Gasteiger partial charge < -0.3 is 0 Å². The van der Waals surface area contributed by atoms with Gasteiger partial charge in [-0.15, -0.1) is 0 Å². The fraction of sp³-hybridized carbons (Fsp3) is 0.176. The Kier molecular flexibility index (Phi) is 3.77. The van der Waals surface area contributed by atoms with Crippen molar-refractivity contribution in [1.29, 1.82) is 0 Å². The zero-order valence-electron chi connectivity index (χ0n) is 13.2. The average molecular weight is 327 g/mol. The highest BCUT2D eigenvalue weighted by atomic mass is 32.2. The molecule has 0 amide bonds. The van der Waals surface area contributed by atoms with Crippen LogP contribution in [0, 0.1) is 13.8 Å². The summed E-state index contributed by atoms with van der Waals surface area (Å²) in [5.41, 5.74) is 3.58. The fourth-order valence-electron chi connectivity index (χ4n) is 2.42. The van der Waals surface area contributed by atoms with E-state index in [2.05, 4.69) is 9.97 Å². The Bertz CT molecular complexity index is 984. The van der Waals surface area contributed by atoms with Crippen molar-refractivity contribution in [2.75, 3.05) is 11.4 Å². The third-order valence-electron chi connectivity index (χ3n) is 3.80. The Labute approximate surface area is 135 Å². The molecule has 0 radical (unpaired) electrons. The maximum atomic E-state index is 12.9. The molecule has 0 N–H and O–H groups in total. The molecule has 0 aliphatic rings. The highest BCUT2D eigenvalue weighted by Crippen LogP contribution is 2.26. The fourth-order valence-corrected chi connectivity index (χ4v) is 3.91. The second kappa shape index (κ2) is 5.62. The first-order valence-electron chi connectivity index (χ1n) is 7.16. The maximum absolute atomic E-state index is 12.9. The second-order valence-electron chi connectivity index (χ2n) is 5.47. The van der Waals surface area contributed by atoms with Gasteiger partial charge in [0.2, 0.25) is 0 Å². The van der Waals surface area contributed by atoms with Gasteiger partial charge in [-0.1, -0.05) is 12.1 Å². The van der Waals surface area contributed by atoms with Crippen molar-refractivity contribution in [2.24, 2.45) is 0 Å². The number of fused-ring (bicyclic) bond motifs is 1. The van der Waals surface area contributed by atoms with Crippen molar-refractivity contribution in [3.05, 3.63) is 59.9 Å². The lowest BCUT2D eigenvalue weighted by Gasteiger charge is -2.21. The maximum Gasteiger partial charge on any atom is 0.264 e. The van der Waals surface area contributed by atoms with Gasteiger partial charge in [-0.2, -0.15) is 0 Å². The summed E-state index contributed by atoms with van der Waals surface area (Å²) in [4.78, 5) is 8.74. The quantitative estimate of drug-likeness (QED) is 0.741. The van der Waals surface area contributed by atoms with Gasteiger partial charge in [0.05, 0.1) is 21.6 Å². The van der Waals surface area contributed by atoms with Crippen LogP contribution in [0.5, 0.6) is 0 Å². The van der Waals surface area contributed by atoms with E-state index in [9.17, 15) is 8.42 Å². The number of aromatic nitrogens is 2. The summed E-state index contributed by atoms with van der Waals surface area (Å²) in [6.07, 6.45) is 3.20. The number of hydrogen-bond donors (Lipinski definition) is 0. The zero-order valence-corrected chi connectivity index (χ0v) is 14.0. The van der Waals surface area contributed by atoms with E-state index in [1.807, 2.05) is 19.1 Å². The standard InChI is InChI=1S/C17H17N3O2S/c1-12-4-5-13(2)17(10-12)23(21,22)20(3)14-6-7-15-16(11-14)19-9-8-18-15/h4-11H,1-3H3. The summed E-state index contributed by atoms with van der Waals surface area (Å²) in [6.45, 7) is 3.68. The molecule has 23 heavy (non-hydrogen) atoms. The lowest BCUT2D eigenvalue weighted by Crippen LogP contribution is -2.27.